The maximum absolute atomic E-state index is 11.8. The lowest BCUT2D eigenvalue weighted by Crippen LogP contribution is -2.34. The molecule has 0 unspecified atom stereocenters. The molecular formula is C18H20N2OS. The third kappa shape index (κ3) is 4.67. The maximum atomic E-state index is 11.8. The van der Waals surface area contributed by atoms with Crippen LogP contribution in [0, 0.1) is 5.92 Å². The summed E-state index contributed by atoms with van der Waals surface area (Å²) in [5, 5.41) is 6.16. The molecule has 0 saturated carbocycles. The summed E-state index contributed by atoms with van der Waals surface area (Å²) < 4.78 is 0. The van der Waals surface area contributed by atoms with E-state index in [1.807, 2.05) is 68.4 Å². The first-order valence-corrected chi connectivity index (χ1v) is 7.72. The van der Waals surface area contributed by atoms with Gasteiger partial charge >= 0.3 is 0 Å². The predicted molar refractivity (Wildman–Crippen MR) is 95.7 cm³/mol. The van der Waals surface area contributed by atoms with Crippen molar-refractivity contribution < 1.29 is 4.79 Å². The highest BCUT2D eigenvalue weighted by Gasteiger charge is 2.09. The highest BCUT2D eigenvalue weighted by Crippen LogP contribution is 2.27. The van der Waals surface area contributed by atoms with Gasteiger partial charge in [-0.2, -0.15) is 0 Å². The fourth-order valence-corrected chi connectivity index (χ4v) is 2.39. The van der Waals surface area contributed by atoms with E-state index in [1.54, 1.807) is 0 Å². The van der Waals surface area contributed by atoms with Gasteiger partial charge in [-0.1, -0.05) is 62.4 Å². The molecule has 2 aromatic carbocycles. The molecule has 0 atom stereocenters. The van der Waals surface area contributed by atoms with Gasteiger partial charge in [0, 0.05) is 17.7 Å². The Labute approximate surface area is 136 Å². The van der Waals surface area contributed by atoms with Crippen molar-refractivity contribution in [2.75, 3.05) is 5.32 Å². The van der Waals surface area contributed by atoms with E-state index in [1.165, 1.54) is 0 Å². The van der Waals surface area contributed by atoms with Crippen LogP contribution in [0.3, 0.4) is 0 Å². The average molecular weight is 312 g/mol. The molecule has 0 radical (unpaired) electrons. The van der Waals surface area contributed by atoms with Crippen LogP contribution in [-0.4, -0.2) is 11.0 Å². The van der Waals surface area contributed by atoms with Crippen LogP contribution in [0.1, 0.15) is 20.3 Å². The molecule has 0 aliphatic carbocycles. The maximum Gasteiger partial charge on any atom is 0.226 e. The lowest BCUT2D eigenvalue weighted by molar-refractivity contribution is -0.120. The first-order chi connectivity index (χ1) is 10.6. The minimum atomic E-state index is -0.0651. The molecule has 0 fully saturated rings. The Balaban J connectivity index is 2.10. The number of anilines is 1. The van der Waals surface area contributed by atoms with E-state index in [9.17, 15) is 4.79 Å². The molecule has 0 aliphatic rings. The molecular weight excluding hydrogens is 292 g/mol. The van der Waals surface area contributed by atoms with Gasteiger partial charge in [0.05, 0.1) is 0 Å². The van der Waals surface area contributed by atoms with Gasteiger partial charge in [-0.15, -0.1) is 0 Å². The number of carbonyl (C=O) groups excluding carboxylic acids is 1. The zero-order valence-corrected chi connectivity index (χ0v) is 13.6. The van der Waals surface area contributed by atoms with Gasteiger partial charge in [0.1, 0.15) is 0 Å². The normalized spacial score (nSPS) is 10.3. The van der Waals surface area contributed by atoms with Gasteiger partial charge in [0.2, 0.25) is 5.91 Å². The van der Waals surface area contributed by atoms with E-state index in [2.05, 4.69) is 10.6 Å². The molecule has 0 saturated heterocycles. The minimum Gasteiger partial charge on any atom is -0.332 e. The summed E-state index contributed by atoms with van der Waals surface area (Å²) in [5.41, 5.74) is 3.02. The molecule has 0 spiro atoms. The van der Waals surface area contributed by atoms with Gasteiger partial charge in [0.25, 0.3) is 0 Å². The van der Waals surface area contributed by atoms with Crippen LogP contribution in [0.25, 0.3) is 11.1 Å². The lowest BCUT2D eigenvalue weighted by atomic mass is 10.0. The summed E-state index contributed by atoms with van der Waals surface area (Å²) in [6.45, 7) is 4.00. The van der Waals surface area contributed by atoms with Gasteiger partial charge in [-0.3, -0.25) is 4.79 Å². The Morgan fingerprint density at radius 1 is 1.05 bits per heavy atom. The molecule has 2 rings (SSSR count). The Morgan fingerprint density at radius 2 is 1.68 bits per heavy atom. The zero-order valence-electron chi connectivity index (χ0n) is 12.8. The van der Waals surface area contributed by atoms with Gasteiger partial charge in [0.15, 0.2) is 5.11 Å². The van der Waals surface area contributed by atoms with Crippen LogP contribution in [0.4, 0.5) is 5.69 Å². The van der Waals surface area contributed by atoms with Gasteiger partial charge < -0.3 is 10.6 Å². The first kappa shape index (κ1) is 16.2. The molecule has 3 nitrogen and oxygen atoms in total. The molecule has 4 heteroatoms. The van der Waals surface area contributed by atoms with Crippen molar-refractivity contribution in [3.63, 3.8) is 0 Å². The summed E-state index contributed by atoms with van der Waals surface area (Å²) >= 11 is 5.23. The molecule has 0 heterocycles. The van der Waals surface area contributed by atoms with Crippen LogP contribution < -0.4 is 10.6 Å². The summed E-state index contributed by atoms with van der Waals surface area (Å²) in [6, 6.07) is 17.9. The number of rotatable bonds is 4. The number of amides is 1. The third-order valence-electron chi connectivity index (χ3n) is 3.11. The van der Waals surface area contributed by atoms with Crippen molar-refractivity contribution >= 4 is 28.9 Å². The second-order valence-corrected chi connectivity index (χ2v) is 5.92. The minimum absolute atomic E-state index is 0.0651. The smallest absolute Gasteiger partial charge is 0.226 e. The monoisotopic (exact) mass is 312 g/mol. The molecule has 2 aromatic rings. The number of hydrogen-bond donors (Lipinski definition) is 2. The second-order valence-electron chi connectivity index (χ2n) is 5.51. The van der Waals surface area contributed by atoms with Crippen molar-refractivity contribution in [2.24, 2.45) is 5.92 Å². The SMILES string of the molecule is CC(C)CC(=O)NC(=S)Nc1ccccc1-c1ccccc1. The van der Waals surface area contributed by atoms with E-state index in [4.69, 9.17) is 12.2 Å². The molecule has 0 bridgehead atoms. The van der Waals surface area contributed by atoms with Gasteiger partial charge in [-0.25, -0.2) is 0 Å². The molecule has 0 aromatic heterocycles. The van der Waals surface area contributed by atoms with Crippen molar-refractivity contribution in [1.82, 2.24) is 5.32 Å². The van der Waals surface area contributed by atoms with E-state index in [0.717, 1.165) is 16.8 Å². The van der Waals surface area contributed by atoms with Crippen LogP contribution in [0.2, 0.25) is 0 Å². The van der Waals surface area contributed by atoms with Crippen molar-refractivity contribution in [2.45, 2.75) is 20.3 Å². The van der Waals surface area contributed by atoms with Crippen LogP contribution in [0.15, 0.2) is 54.6 Å². The van der Waals surface area contributed by atoms with Crippen molar-refractivity contribution in [1.29, 1.82) is 0 Å². The van der Waals surface area contributed by atoms with E-state index in [-0.39, 0.29) is 5.91 Å². The van der Waals surface area contributed by atoms with E-state index >= 15 is 0 Å². The van der Waals surface area contributed by atoms with Crippen LogP contribution in [-0.2, 0) is 4.79 Å². The van der Waals surface area contributed by atoms with Crippen molar-refractivity contribution in [3.8, 4) is 11.1 Å². The Hall–Kier alpha value is -2.20. The fraction of sp³-hybridized carbons (Fsp3) is 0.222. The Bertz CT molecular complexity index is 653. The number of hydrogen-bond acceptors (Lipinski definition) is 2. The second kappa shape index (κ2) is 7.71. The van der Waals surface area contributed by atoms with Crippen LogP contribution in [0.5, 0.6) is 0 Å². The third-order valence-corrected chi connectivity index (χ3v) is 3.31. The highest BCUT2D eigenvalue weighted by atomic mass is 32.1. The molecule has 22 heavy (non-hydrogen) atoms. The number of thiocarbonyl (C=S) groups is 1. The Morgan fingerprint density at radius 3 is 2.36 bits per heavy atom. The van der Waals surface area contributed by atoms with E-state index < -0.39 is 0 Å². The predicted octanol–water partition coefficient (Wildman–Crippen LogP) is 4.21. The summed E-state index contributed by atoms with van der Waals surface area (Å²) in [4.78, 5) is 11.8. The zero-order chi connectivity index (χ0) is 15.9. The standard InChI is InChI=1S/C18H20N2OS/c1-13(2)12-17(21)20-18(22)19-16-11-7-6-10-15(16)14-8-4-3-5-9-14/h3-11,13H,12H2,1-2H3,(H2,19,20,21,22). The highest BCUT2D eigenvalue weighted by molar-refractivity contribution is 7.80. The molecule has 0 aliphatic heterocycles. The quantitative estimate of drug-likeness (QED) is 0.831. The molecule has 1 amide bonds. The number of carbonyl (C=O) groups is 1. The number of para-hydroxylation sites is 1. The summed E-state index contributed by atoms with van der Waals surface area (Å²) in [5.74, 6) is 0.240. The largest absolute Gasteiger partial charge is 0.332 e. The first-order valence-electron chi connectivity index (χ1n) is 7.31. The van der Waals surface area contributed by atoms with Gasteiger partial charge in [-0.05, 0) is 29.8 Å². The number of nitrogens with one attached hydrogen (secondary N) is 2. The van der Waals surface area contributed by atoms with Crippen molar-refractivity contribution in [3.05, 3.63) is 54.6 Å². The average Bonchev–Trinajstić information content (AvgIpc) is 2.47. The Kier molecular flexibility index (Phi) is 5.67. The van der Waals surface area contributed by atoms with Crippen LogP contribution >= 0.6 is 12.2 Å². The molecule has 2 N–H and O–H groups in total. The fourth-order valence-electron chi connectivity index (χ4n) is 2.16. The molecule has 114 valence electrons. The van der Waals surface area contributed by atoms with E-state index in [0.29, 0.717) is 17.5 Å². The lowest BCUT2D eigenvalue weighted by Gasteiger charge is -2.14. The summed E-state index contributed by atoms with van der Waals surface area (Å²) in [7, 11) is 0. The topological polar surface area (TPSA) is 41.1 Å². The summed E-state index contributed by atoms with van der Waals surface area (Å²) in [6.07, 6.45) is 0.460. The number of benzene rings is 2.